The van der Waals surface area contributed by atoms with Crippen LogP contribution in [-0.2, 0) is 9.53 Å². The number of rotatable bonds is 4. The Morgan fingerprint density at radius 2 is 2.05 bits per heavy atom. The summed E-state index contributed by atoms with van der Waals surface area (Å²) in [4.78, 5) is 30.6. The highest BCUT2D eigenvalue weighted by atomic mass is 19.1. The fourth-order valence-electron chi connectivity index (χ4n) is 2.25. The van der Waals surface area contributed by atoms with Crippen LogP contribution in [0.2, 0.25) is 0 Å². The molecule has 0 spiro atoms. The number of esters is 1. The Labute approximate surface area is 122 Å². The van der Waals surface area contributed by atoms with E-state index in [0.717, 1.165) is 6.20 Å². The van der Waals surface area contributed by atoms with Crippen LogP contribution in [0.4, 0.5) is 4.39 Å². The molecule has 0 bridgehead atoms. The smallest absolute Gasteiger partial charge is 0.306 e. The molecular weight excluding hydrogens is 277 g/mol. The molecule has 21 heavy (non-hydrogen) atoms. The van der Waals surface area contributed by atoms with E-state index in [9.17, 15) is 14.0 Å². The van der Waals surface area contributed by atoms with Crippen molar-refractivity contribution >= 4 is 11.9 Å². The molecule has 6 nitrogen and oxygen atoms in total. The molecule has 1 saturated heterocycles. The second kappa shape index (κ2) is 7.12. The number of methoxy groups -OCH3 is 1. The van der Waals surface area contributed by atoms with E-state index in [0.29, 0.717) is 39.1 Å². The standard InChI is InChI=1S/C14H18FN3O3/c1-21-13(19)3-5-17-6-8-18(9-7-17)14(20)11-2-4-16-10-12(11)15/h2,4,10H,3,5-9H2,1H3. The highest BCUT2D eigenvalue weighted by Crippen LogP contribution is 2.11. The summed E-state index contributed by atoms with van der Waals surface area (Å²) >= 11 is 0. The first kappa shape index (κ1) is 15.4. The molecule has 0 radical (unpaired) electrons. The van der Waals surface area contributed by atoms with Gasteiger partial charge in [0.15, 0.2) is 5.82 Å². The van der Waals surface area contributed by atoms with Gasteiger partial charge in [-0.15, -0.1) is 0 Å². The summed E-state index contributed by atoms with van der Waals surface area (Å²) in [6, 6.07) is 1.39. The minimum Gasteiger partial charge on any atom is -0.469 e. The van der Waals surface area contributed by atoms with E-state index < -0.39 is 5.82 Å². The van der Waals surface area contributed by atoms with E-state index in [2.05, 4.69) is 14.6 Å². The molecule has 0 aliphatic carbocycles. The lowest BCUT2D eigenvalue weighted by Gasteiger charge is -2.34. The minimum absolute atomic E-state index is 0.0491. The van der Waals surface area contributed by atoms with Crippen LogP contribution in [-0.4, -0.2) is 66.5 Å². The lowest BCUT2D eigenvalue weighted by molar-refractivity contribution is -0.141. The zero-order valence-corrected chi connectivity index (χ0v) is 11.9. The van der Waals surface area contributed by atoms with Crippen LogP contribution in [0.15, 0.2) is 18.5 Å². The Morgan fingerprint density at radius 3 is 2.67 bits per heavy atom. The summed E-state index contributed by atoms with van der Waals surface area (Å²) in [5, 5.41) is 0. The number of amides is 1. The van der Waals surface area contributed by atoms with Crippen LogP contribution in [0.25, 0.3) is 0 Å². The summed E-state index contributed by atoms with van der Waals surface area (Å²) in [6.07, 6.45) is 2.78. The number of carbonyl (C=O) groups is 2. The lowest BCUT2D eigenvalue weighted by Crippen LogP contribution is -2.49. The normalized spacial score (nSPS) is 15.8. The Hall–Kier alpha value is -2.02. The number of pyridine rings is 1. The zero-order chi connectivity index (χ0) is 15.2. The SMILES string of the molecule is COC(=O)CCN1CCN(C(=O)c2ccncc2F)CC1. The van der Waals surface area contributed by atoms with Crippen LogP contribution in [0.3, 0.4) is 0 Å². The molecule has 1 aromatic heterocycles. The molecule has 114 valence electrons. The molecular formula is C14H18FN3O3. The van der Waals surface area contributed by atoms with Gasteiger partial charge in [0.1, 0.15) is 0 Å². The second-order valence-corrected chi connectivity index (χ2v) is 4.82. The molecule has 1 fully saturated rings. The molecule has 1 aromatic rings. The largest absolute Gasteiger partial charge is 0.469 e. The van der Waals surface area contributed by atoms with E-state index in [1.807, 2.05) is 0 Å². The quantitative estimate of drug-likeness (QED) is 0.759. The highest BCUT2D eigenvalue weighted by Gasteiger charge is 2.24. The Morgan fingerprint density at radius 1 is 1.33 bits per heavy atom. The van der Waals surface area contributed by atoms with E-state index in [1.54, 1.807) is 4.90 Å². The fraction of sp³-hybridized carbons (Fsp3) is 0.500. The molecule has 1 aliphatic heterocycles. The molecule has 0 N–H and O–H groups in total. The number of piperazine rings is 1. The van der Waals surface area contributed by atoms with Crippen molar-refractivity contribution in [2.75, 3.05) is 39.8 Å². The first-order valence-corrected chi connectivity index (χ1v) is 6.79. The average molecular weight is 295 g/mol. The second-order valence-electron chi connectivity index (χ2n) is 4.82. The first-order valence-electron chi connectivity index (χ1n) is 6.79. The maximum absolute atomic E-state index is 13.5. The van der Waals surface area contributed by atoms with Crippen molar-refractivity contribution in [1.29, 1.82) is 0 Å². The van der Waals surface area contributed by atoms with Crippen LogP contribution in [0.5, 0.6) is 0 Å². The van der Waals surface area contributed by atoms with Gasteiger partial charge in [0.05, 0.1) is 25.3 Å². The van der Waals surface area contributed by atoms with Gasteiger partial charge in [-0.3, -0.25) is 19.5 Å². The van der Waals surface area contributed by atoms with Gasteiger partial charge in [0.2, 0.25) is 0 Å². The molecule has 1 amide bonds. The van der Waals surface area contributed by atoms with Gasteiger partial charge in [0.25, 0.3) is 5.91 Å². The minimum atomic E-state index is -0.601. The van der Waals surface area contributed by atoms with E-state index in [4.69, 9.17) is 0 Å². The van der Waals surface area contributed by atoms with Crippen molar-refractivity contribution in [2.24, 2.45) is 0 Å². The molecule has 0 aromatic carbocycles. The monoisotopic (exact) mass is 295 g/mol. The number of aromatic nitrogens is 1. The van der Waals surface area contributed by atoms with Gasteiger partial charge in [-0.25, -0.2) is 4.39 Å². The third-order valence-corrected chi connectivity index (χ3v) is 3.52. The summed E-state index contributed by atoms with van der Waals surface area (Å²) < 4.78 is 18.1. The van der Waals surface area contributed by atoms with Gasteiger partial charge >= 0.3 is 5.97 Å². The first-order chi connectivity index (χ1) is 10.1. The zero-order valence-electron chi connectivity index (χ0n) is 11.9. The van der Waals surface area contributed by atoms with Crippen LogP contribution in [0, 0.1) is 5.82 Å². The van der Waals surface area contributed by atoms with Gasteiger partial charge < -0.3 is 9.64 Å². The predicted molar refractivity (Wildman–Crippen MR) is 73.2 cm³/mol. The van der Waals surface area contributed by atoms with Gasteiger partial charge in [-0.05, 0) is 6.07 Å². The Kier molecular flexibility index (Phi) is 5.21. The molecule has 0 atom stereocenters. The molecule has 2 rings (SSSR count). The topological polar surface area (TPSA) is 62.7 Å². The third-order valence-electron chi connectivity index (χ3n) is 3.52. The van der Waals surface area contributed by atoms with Crippen molar-refractivity contribution in [2.45, 2.75) is 6.42 Å². The summed E-state index contributed by atoms with van der Waals surface area (Å²) in [6.45, 7) is 2.97. The number of hydrogen-bond donors (Lipinski definition) is 0. The third kappa shape index (κ3) is 3.98. The van der Waals surface area contributed by atoms with Crippen LogP contribution >= 0.6 is 0 Å². The van der Waals surface area contributed by atoms with Gasteiger partial charge in [-0.2, -0.15) is 0 Å². The molecule has 2 heterocycles. The summed E-state index contributed by atoms with van der Waals surface area (Å²) in [5.41, 5.74) is 0.0491. The lowest BCUT2D eigenvalue weighted by atomic mass is 10.2. The Bertz CT molecular complexity index is 516. The van der Waals surface area contributed by atoms with Crippen LogP contribution in [0.1, 0.15) is 16.8 Å². The maximum atomic E-state index is 13.5. The van der Waals surface area contributed by atoms with Gasteiger partial charge in [0, 0.05) is 38.9 Å². The average Bonchev–Trinajstić information content (AvgIpc) is 2.53. The summed E-state index contributed by atoms with van der Waals surface area (Å²) in [7, 11) is 1.36. The molecule has 1 aliphatic rings. The van der Waals surface area contributed by atoms with Crippen molar-refractivity contribution in [3.8, 4) is 0 Å². The number of carbonyl (C=O) groups excluding carboxylic acids is 2. The van der Waals surface area contributed by atoms with Gasteiger partial charge in [-0.1, -0.05) is 0 Å². The molecule has 7 heteroatoms. The van der Waals surface area contributed by atoms with Crippen molar-refractivity contribution in [3.05, 3.63) is 29.8 Å². The van der Waals surface area contributed by atoms with Crippen molar-refractivity contribution < 1.29 is 18.7 Å². The van der Waals surface area contributed by atoms with Crippen molar-refractivity contribution in [1.82, 2.24) is 14.8 Å². The highest BCUT2D eigenvalue weighted by molar-refractivity contribution is 5.94. The fourth-order valence-corrected chi connectivity index (χ4v) is 2.25. The van der Waals surface area contributed by atoms with Crippen molar-refractivity contribution in [3.63, 3.8) is 0 Å². The van der Waals surface area contributed by atoms with E-state index in [-0.39, 0.29) is 17.4 Å². The van der Waals surface area contributed by atoms with E-state index in [1.165, 1.54) is 19.4 Å². The summed E-state index contributed by atoms with van der Waals surface area (Å²) in [5.74, 6) is -1.16. The Balaban J connectivity index is 1.85. The maximum Gasteiger partial charge on any atom is 0.306 e. The molecule has 0 unspecified atom stereocenters. The predicted octanol–water partition coefficient (Wildman–Crippen LogP) is 0.542. The number of nitrogens with zero attached hydrogens (tertiary/aromatic N) is 3. The number of halogens is 1. The van der Waals surface area contributed by atoms with E-state index >= 15 is 0 Å². The number of ether oxygens (including phenoxy) is 1. The van der Waals surface area contributed by atoms with Crippen LogP contribution < -0.4 is 0 Å². The number of hydrogen-bond acceptors (Lipinski definition) is 5. The molecule has 0 saturated carbocycles.